The lowest BCUT2D eigenvalue weighted by molar-refractivity contribution is -0.183. The average Bonchev–Trinajstić information content (AvgIpc) is 3.34. The van der Waals surface area contributed by atoms with Crippen molar-refractivity contribution in [2.24, 2.45) is 11.8 Å². The Bertz CT molecular complexity index is 692. The van der Waals surface area contributed by atoms with Gasteiger partial charge in [0.1, 0.15) is 0 Å². The van der Waals surface area contributed by atoms with Gasteiger partial charge in [-0.3, -0.25) is 9.59 Å². The second kappa shape index (κ2) is 9.26. The molecule has 1 aromatic carbocycles. The van der Waals surface area contributed by atoms with Crippen LogP contribution in [0.4, 0.5) is 0 Å². The molecular weight excluding hydrogens is 368 g/mol. The number of benzene rings is 1. The van der Waals surface area contributed by atoms with Gasteiger partial charge in [0, 0.05) is 51.2 Å². The molecule has 1 aliphatic carbocycles. The van der Waals surface area contributed by atoms with Crippen LogP contribution in [0.5, 0.6) is 0 Å². The summed E-state index contributed by atoms with van der Waals surface area (Å²) in [7, 11) is 0. The number of carbonyl (C=O) groups is 2. The van der Waals surface area contributed by atoms with E-state index in [1.54, 1.807) is 0 Å². The van der Waals surface area contributed by atoms with Crippen molar-refractivity contribution in [3.8, 4) is 0 Å². The molecule has 1 saturated carbocycles. The molecule has 4 rings (SSSR count). The zero-order valence-corrected chi connectivity index (χ0v) is 17.1. The van der Waals surface area contributed by atoms with Gasteiger partial charge in [-0.1, -0.05) is 30.3 Å². The maximum Gasteiger partial charge on any atom is 0.223 e. The van der Waals surface area contributed by atoms with Gasteiger partial charge in [0.05, 0.1) is 13.2 Å². The molecule has 1 aromatic rings. The molecule has 2 aliphatic heterocycles. The van der Waals surface area contributed by atoms with Gasteiger partial charge in [0.15, 0.2) is 5.79 Å². The first-order valence-electron chi connectivity index (χ1n) is 11.0. The highest BCUT2D eigenvalue weighted by Crippen LogP contribution is 2.39. The fraction of sp³-hybridized carbons (Fsp3) is 0.652. The van der Waals surface area contributed by atoms with Gasteiger partial charge < -0.3 is 19.7 Å². The van der Waals surface area contributed by atoms with Gasteiger partial charge in [-0.25, -0.2) is 0 Å². The predicted octanol–water partition coefficient (Wildman–Crippen LogP) is 2.52. The molecule has 6 nitrogen and oxygen atoms in total. The molecule has 2 amide bonds. The second-order valence-corrected chi connectivity index (χ2v) is 8.70. The monoisotopic (exact) mass is 400 g/mol. The number of amides is 2. The maximum atomic E-state index is 12.4. The van der Waals surface area contributed by atoms with Crippen molar-refractivity contribution in [1.29, 1.82) is 0 Å². The molecule has 158 valence electrons. The van der Waals surface area contributed by atoms with E-state index in [0.29, 0.717) is 38.5 Å². The van der Waals surface area contributed by atoms with Crippen LogP contribution in [0.3, 0.4) is 0 Å². The van der Waals surface area contributed by atoms with Crippen LogP contribution in [0, 0.1) is 11.8 Å². The van der Waals surface area contributed by atoms with E-state index in [-0.39, 0.29) is 23.5 Å². The van der Waals surface area contributed by atoms with Crippen LogP contribution in [0.1, 0.15) is 44.1 Å². The van der Waals surface area contributed by atoms with Crippen LogP contribution in [-0.4, -0.2) is 55.3 Å². The molecule has 1 spiro atoms. The summed E-state index contributed by atoms with van der Waals surface area (Å²) in [6.45, 7) is 3.46. The Kier molecular flexibility index (Phi) is 6.50. The smallest absolute Gasteiger partial charge is 0.223 e. The Hall–Kier alpha value is -1.92. The molecule has 2 saturated heterocycles. The third kappa shape index (κ3) is 5.37. The van der Waals surface area contributed by atoms with Crippen LogP contribution in [0.2, 0.25) is 0 Å². The van der Waals surface area contributed by atoms with Crippen LogP contribution in [0.15, 0.2) is 30.3 Å². The second-order valence-electron chi connectivity index (χ2n) is 8.70. The largest absolute Gasteiger partial charge is 0.356 e. The molecular formula is C23H32N2O4. The summed E-state index contributed by atoms with van der Waals surface area (Å²) in [6.07, 6.45) is 5.70. The Morgan fingerprint density at radius 1 is 1.10 bits per heavy atom. The van der Waals surface area contributed by atoms with E-state index in [1.807, 2.05) is 23.1 Å². The fourth-order valence-electron chi connectivity index (χ4n) is 4.82. The van der Waals surface area contributed by atoms with Crippen molar-refractivity contribution in [2.45, 2.75) is 50.7 Å². The Labute approximate surface area is 172 Å². The molecule has 1 N–H and O–H groups in total. The molecule has 3 aliphatic rings. The maximum absolute atomic E-state index is 12.4. The summed E-state index contributed by atoms with van der Waals surface area (Å²) in [5.74, 6) is 0.572. The fourth-order valence-corrected chi connectivity index (χ4v) is 4.82. The summed E-state index contributed by atoms with van der Waals surface area (Å²) < 4.78 is 11.5. The van der Waals surface area contributed by atoms with Crippen LogP contribution in [0.25, 0.3) is 0 Å². The highest BCUT2D eigenvalue weighted by Gasteiger charge is 2.40. The minimum absolute atomic E-state index is 0.106. The van der Waals surface area contributed by atoms with Gasteiger partial charge in [0.2, 0.25) is 11.8 Å². The van der Waals surface area contributed by atoms with E-state index in [2.05, 4.69) is 17.4 Å². The summed E-state index contributed by atoms with van der Waals surface area (Å²) in [6, 6.07) is 10.2. The van der Waals surface area contributed by atoms with Crippen LogP contribution in [-0.2, 0) is 25.5 Å². The van der Waals surface area contributed by atoms with Crippen LogP contribution >= 0.6 is 0 Å². The van der Waals surface area contributed by atoms with E-state index in [4.69, 9.17) is 9.47 Å². The number of carbonyl (C=O) groups excluding carboxylic acids is 2. The van der Waals surface area contributed by atoms with Crippen molar-refractivity contribution in [3.63, 3.8) is 0 Å². The quantitative estimate of drug-likeness (QED) is 0.764. The highest BCUT2D eigenvalue weighted by atomic mass is 16.7. The number of nitrogens with one attached hydrogen (secondary N) is 1. The van der Waals surface area contributed by atoms with Gasteiger partial charge in [-0.05, 0) is 30.7 Å². The highest BCUT2D eigenvalue weighted by molar-refractivity contribution is 5.79. The number of ether oxygens (including phenoxy) is 2. The minimum Gasteiger partial charge on any atom is -0.356 e. The van der Waals surface area contributed by atoms with Crippen molar-refractivity contribution in [2.75, 3.05) is 32.8 Å². The van der Waals surface area contributed by atoms with E-state index in [9.17, 15) is 9.59 Å². The molecule has 29 heavy (non-hydrogen) atoms. The first kappa shape index (κ1) is 20.4. The lowest BCUT2D eigenvalue weighted by Crippen LogP contribution is -2.37. The molecule has 2 heterocycles. The number of hydrogen-bond donors (Lipinski definition) is 1. The molecule has 6 heteroatoms. The van der Waals surface area contributed by atoms with E-state index >= 15 is 0 Å². The van der Waals surface area contributed by atoms with Crippen molar-refractivity contribution >= 4 is 11.8 Å². The van der Waals surface area contributed by atoms with Gasteiger partial charge in [-0.2, -0.15) is 0 Å². The molecule has 0 aromatic heterocycles. The average molecular weight is 401 g/mol. The van der Waals surface area contributed by atoms with Crippen LogP contribution < -0.4 is 5.32 Å². The number of likely N-dealkylation sites (tertiary alicyclic amines) is 1. The summed E-state index contributed by atoms with van der Waals surface area (Å²) in [4.78, 5) is 26.6. The van der Waals surface area contributed by atoms with E-state index in [0.717, 1.165) is 45.2 Å². The van der Waals surface area contributed by atoms with Gasteiger partial charge in [-0.15, -0.1) is 0 Å². The third-order valence-electron chi connectivity index (χ3n) is 6.55. The zero-order valence-electron chi connectivity index (χ0n) is 17.1. The zero-order chi connectivity index (χ0) is 20.1. The normalized spacial score (nSPS) is 24.3. The minimum atomic E-state index is -0.361. The first-order chi connectivity index (χ1) is 14.1. The molecule has 0 radical (unpaired) electrons. The molecule has 3 fully saturated rings. The topological polar surface area (TPSA) is 67.9 Å². The lowest BCUT2D eigenvalue weighted by atomic mass is 9.83. The lowest BCUT2D eigenvalue weighted by Gasteiger charge is -2.35. The van der Waals surface area contributed by atoms with Crippen molar-refractivity contribution < 1.29 is 19.1 Å². The third-order valence-corrected chi connectivity index (χ3v) is 6.55. The summed E-state index contributed by atoms with van der Waals surface area (Å²) in [5.41, 5.74) is 1.25. The summed E-state index contributed by atoms with van der Waals surface area (Å²) in [5, 5.41) is 3.07. The summed E-state index contributed by atoms with van der Waals surface area (Å²) >= 11 is 0. The Morgan fingerprint density at radius 3 is 2.55 bits per heavy atom. The Balaban J connectivity index is 1.14. The van der Waals surface area contributed by atoms with E-state index < -0.39 is 0 Å². The SMILES string of the molecule is O=C(CC1CCC2(CC1)OCCO2)NC[C@H]1CC(=O)N(CCc2ccccc2)C1. The Morgan fingerprint density at radius 2 is 1.83 bits per heavy atom. The van der Waals surface area contributed by atoms with Gasteiger partial charge in [0.25, 0.3) is 0 Å². The standard InChI is InChI=1S/C23H32N2O4/c26-21(14-19-6-9-23(10-7-19)28-12-13-29-23)24-16-20-15-22(27)25(17-20)11-8-18-4-2-1-3-5-18/h1-5,19-20H,6-17H2,(H,24,26)/t20-/m1/s1. The molecule has 1 atom stereocenters. The molecule has 0 unspecified atom stereocenters. The first-order valence-corrected chi connectivity index (χ1v) is 11.0. The number of rotatable bonds is 7. The number of hydrogen-bond acceptors (Lipinski definition) is 4. The van der Waals surface area contributed by atoms with Crippen molar-refractivity contribution in [1.82, 2.24) is 10.2 Å². The number of nitrogens with zero attached hydrogens (tertiary/aromatic N) is 1. The molecule has 0 bridgehead atoms. The predicted molar refractivity (Wildman–Crippen MR) is 109 cm³/mol. The van der Waals surface area contributed by atoms with E-state index in [1.165, 1.54) is 5.56 Å². The van der Waals surface area contributed by atoms with Crippen molar-refractivity contribution in [3.05, 3.63) is 35.9 Å². The van der Waals surface area contributed by atoms with Gasteiger partial charge >= 0.3 is 0 Å².